The summed E-state index contributed by atoms with van der Waals surface area (Å²) < 4.78 is 16.9. The number of hydrogen-bond acceptors (Lipinski definition) is 7. The van der Waals surface area contributed by atoms with Gasteiger partial charge in [0.2, 0.25) is 0 Å². The molecule has 0 radical (unpaired) electrons. The molecule has 0 aliphatic carbocycles. The SMILES string of the molecule is COc1ccc(CN(Cc2ccc(OC)cc2)c2cc3ccccc3c(C3Cc4[nH]c(=O)[nH]c(=O)c4CO3)n2)cc1. The normalized spacial score (nSPS) is 14.4. The maximum Gasteiger partial charge on any atom is 0.325 e. The van der Waals surface area contributed by atoms with Crippen LogP contribution in [0.4, 0.5) is 5.82 Å². The maximum atomic E-state index is 12.3. The standard InChI is InChI=1S/C32H30N4O5/c1-39-23-11-7-20(8-12-23)17-36(18-21-9-13-24(40-2)14-10-21)29-15-22-5-3-4-6-25(22)30(34-29)28-16-27-26(19-41-28)31(37)35-32(38)33-27/h3-15,28H,16-19H2,1-2H3,(H2,33,35,37,38). The molecule has 41 heavy (non-hydrogen) atoms. The van der Waals surface area contributed by atoms with Crippen LogP contribution >= 0.6 is 0 Å². The second-order valence-electron chi connectivity index (χ2n) is 10.0. The molecule has 1 aliphatic heterocycles. The zero-order valence-electron chi connectivity index (χ0n) is 22.8. The summed E-state index contributed by atoms with van der Waals surface area (Å²) in [6.45, 7) is 1.31. The van der Waals surface area contributed by atoms with E-state index < -0.39 is 17.4 Å². The lowest BCUT2D eigenvalue weighted by atomic mass is 9.99. The van der Waals surface area contributed by atoms with Crippen LogP contribution in [0.1, 0.15) is 34.2 Å². The predicted octanol–water partition coefficient (Wildman–Crippen LogP) is 4.65. The van der Waals surface area contributed by atoms with Crippen LogP contribution in [0.2, 0.25) is 0 Å². The lowest BCUT2D eigenvalue weighted by Gasteiger charge is -2.28. The number of methoxy groups -OCH3 is 2. The molecule has 3 aromatic carbocycles. The van der Waals surface area contributed by atoms with Crippen molar-refractivity contribution in [2.45, 2.75) is 32.2 Å². The summed E-state index contributed by atoms with van der Waals surface area (Å²) in [6, 6.07) is 26.2. The number of aromatic amines is 2. The minimum atomic E-state index is -0.522. The minimum Gasteiger partial charge on any atom is -0.497 e. The van der Waals surface area contributed by atoms with Crippen LogP contribution < -0.4 is 25.6 Å². The van der Waals surface area contributed by atoms with Crippen molar-refractivity contribution in [2.75, 3.05) is 19.1 Å². The van der Waals surface area contributed by atoms with E-state index in [1.165, 1.54) is 0 Å². The van der Waals surface area contributed by atoms with Crippen molar-refractivity contribution in [1.82, 2.24) is 15.0 Å². The Labute approximate surface area is 236 Å². The van der Waals surface area contributed by atoms with Gasteiger partial charge in [-0.05, 0) is 46.8 Å². The van der Waals surface area contributed by atoms with Gasteiger partial charge in [0, 0.05) is 30.6 Å². The summed E-state index contributed by atoms with van der Waals surface area (Å²) in [5, 5.41) is 1.99. The molecule has 6 rings (SSSR count). The summed E-state index contributed by atoms with van der Waals surface area (Å²) in [5.41, 5.74) is 3.07. The first kappa shape index (κ1) is 26.3. The van der Waals surface area contributed by atoms with Crippen molar-refractivity contribution >= 4 is 16.6 Å². The third-order valence-electron chi connectivity index (χ3n) is 7.40. The number of anilines is 1. The topological polar surface area (TPSA) is 110 Å². The van der Waals surface area contributed by atoms with E-state index in [-0.39, 0.29) is 6.61 Å². The fourth-order valence-corrected chi connectivity index (χ4v) is 5.23. The molecule has 2 N–H and O–H groups in total. The van der Waals surface area contributed by atoms with Crippen LogP contribution in [0.3, 0.4) is 0 Å². The number of nitrogens with one attached hydrogen (secondary N) is 2. The van der Waals surface area contributed by atoms with Gasteiger partial charge >= 0.3 is 5.69 Å². The van der Waals surface area contributed by atoms with Crippen LogP contribution in [0.5, 0.6) is 11.5 Å². The Hall–Kier alpha value is -4.89. The Bertz CT molecular complexity index is 1750. The Morgan fingerprint density at radius 1 is 0.878 bits per heavy atom. The molecular weight excluding hydrogens is 520 g/mol. The minimum absolute atomic E-state index is 0.0910. The molecule has 9 heteroatoms. The van der Waals surface area contributed by atoms with E-state index in [1.807, 2.05) is 42.5 Å². The van der Waals surface area contributed by atoms with E-state index in [2.05, 4.69) is 51.3 Å². The van der Waals surface area contributed by atoms with Gasteiger partial charge in [-0.2, -0.15) is 0 Å². The second kappa shape index (κ2) is 11.3. The van der Waals surface area contributed by atoms with Gasteiger partial charge in [-0.3, -0.25) is 9.78 Å². The monoisotopic (exact) mass is 550 g/mol. The largest absolute Gasteiger partial charge is 0.497 e. The number of ether oxygens (including phenoxy) is 3. The first-order valence-electron chi connectivity index (χ1n) is 13.4. The number of aromatic nitrogens is 3. The van der Waals surface area contributed by atoms with Gasteiger partial charge < -0.3 is 24.1 Å². The third-order valence-corrected chi connectivity index (χ3v) is 7.40. The van der Waals surface area contributed by atoms with Crippen LogP contribution in [0, 0.1) is 0 Å². The van der Waals surface area contributed by atoms with E-state index in [4.69, 9.17) is 19.2 Å². The molecule has 9 nitrogen and oxygen atoms in total. The summed E-state index contributed by atoms with van der Waals surface area (Å²) >= 11 is 0. The highest BCUT2D eigenvalue weighted by molar-refractivity contribution is 5.87. The molecular formula is C32H30N4O5. The average Bonchev–Trinajstić information content (AvgIpc) is 3.00. The number of hydrogen-bond donors (Lipinski definition) is 2. The smallest absolute Gasteiger partial charge is 0.325 e. The Balaban J connectivity index is 1.42. The molecule has 3 heterocycles. The first-order valence-corrected chi connectivity index (χ1v) is 13.4. The number of pyridine rings is 1. The van der Waals surface area contributed by atoms with Crippen LogP contribution in [0.15, 0.2) is 88.5 Å². The summed E-state index contributed by atoms with van der Waals surface area (Å²) in [6.07, 6.45) is -0.0973. The van der Waals surface area contributed by atoms with Gasteiger partial charge in [0.1, 0.15) is 23.4 Å². The van der Waals surface area contributed by atoms with Crippen molar-refractivity contribution in [2.24, 2.45) is 0 Å². The molecule has 0 amide bonds. The van der Waals surface area contributed by atoms with Crippen molar-refractivity contribution in [1.29, 1.82) is 0 Å². The molecule has 2 aromatic heterocycles. The van der Waals surface area contributed by atoms with Crippen molar-refractivity contribution in [3.63, 3.8) is 0 Å². The Morgan fingerprint density at radius 3 is 2.15 bits per heavy atom. The quantitative estimate of drug-likeness (QED) is 0.289. The molecule has 1 atom stereocenters. The highest BCUT2D eigenvalue weighted by Crippen LogP contribution is 2.34. The van der Waals surface area contributed by atoms with E-state index in [9.17, 15) is 9.59 Å². The lowest BCUT2D eigenvalue weighted by Crippen LogP contribution is -2.32. The molecule has 5 aromatic rings. The number of fused-ring (bicyclic) bond motifs is 2. The Kier molecular flexibility index (Phi) is 7.26. The van der Waals surface area contributed by atoms with Gasteiger partial charge in [-0.15, -0.1) is 0 Å². The zero-order chi connectivity index (χ0) is 28.3. The molecule has 0 saturated heterocycles. The van der Waals surface area contributed by atoms with Gasteiger partial charge in [-0.25, -0.2) is 9.78 Å². The van der Waals surface area contributed by atoms with Crippen molar-refractivity contribution in [3.05, 3.63) is 128 Å². The lowest BCUT2D eigenvalue weighted by molar-refractivity contribution is 0.0233. The molecule has 0 fully saturated rings. The molecule has 0 saturated carbocycles. The molecule has 208 valence electrons. The summed E-state index contributed by atoms with van der Waals surface area (Å²) in [5.74, 6) is 2.39. The fraction of sp³-hybridized carbons (Fsp3) is 0.219. The van der Waals surface area contributed by atoms with Crippen molar-refractivity contribution in [3.8, 4) is 11.5 Å². The van der Waals surface area contributed by atoms with Gasteiger partial charge in [0.15, 0.2) is 0 Å². The van der Waals surface area contributed by atoms with E-state index >= 15 is 0 Å². The third kappa shape index (κ3) is 5.57. The Morgan fingerprint density at radius 2 is 1.51 bits per heavy atom. The van der Waals surface area contributed by atoms with E-state index in [0.717, 1.165) is 44.9 Å². The first-order chi connectivity index (χ1) is 20.0. The number of benzene rings is 3. The second-order valence-corrected chi connectivity index (χ2v) is 10.0. The number of rotatable bonds is 8. The van der Waals surface area contributed by atoms with Gasteiger partial charge in [-0.1, -0.05) is 48.5 Å². The zero-order valence-corrected chi connectivity index (χ0v) is 22.8. The molecule has 1 aliphatic rings. The highest BCUT2D eigenvalue weighted by Gasteiger charge is 2.27. The fourth-order valence-electron chi connectivity index (χ4n) is 5.23. The van der Waals surface area contributed by atoms with Crippen molar-refractivity contribution < 1.29 is 14.2 Å². The van der Waals surface area contributed by atoms with Crippen LogP contribution in [-0.2, 0) is 30.9 Å². The summed E-state index contributed by atoms with van der Waals surface area (Å²) in [4.78, 5) is 36.8. The van der Waals surface area contributed by atoms with Gasteiger partial charge in [0.25, 0.3) is 5.56 Å². The highest BCUT2D eigenvalue weighted by atomic mass is 16.5. The van der Waals surface area contributed by atoms with E-state index in [1.54, 1.807) is 14.2 Å². The van der Waals surface area contributed by atoms with Gasteiger partial charge in [0.05, 0.1) is 32.1 Å². The molecule has 0 bridgehead atoms. The summed E-state index contributed by atoms with van der Waals surface area (Å²) in [7, 11) is 3.31. The average molecular weight is 551 g/mol. The number of nitrogens with zero attached hydrogens (tertiary/aromatic N) is 2. The van der Waals surface area contributed by atoms with Crippen LogP contribution in [-0.4, -0.2) is 29.2 Å². The predicted molar refractivity (Wildman–Crippen MR) is 157 cm³/mol. The molecule has 1 unspecified atom stereocenters. The van der Waals surface area contributed by atoms with E-state index in [0.29, 0.717) is 30.8 Å². The van der Waals surface area contributed by atoms with Crippen LogP contribution in [0.25, 0.3) is 10.8 Å². The maximum absolute atomic E-state index is 12.3. The molecule has 0 spiro atoms. The number of H-pyrrole nitrogens is 2.